The summed E-state index contributed by atoms with van der Waals surface area (Å²) in [4.78, 5) is 56.2. The quantitative estimate of drug-likeness (QED) is 0.141. The lowest BCUT2D eigenvalue weighted by atomic mass is 10.2. The summed E-state index contributed by atoms with van der Waals surface area (Å²) >= 11 is 0. The molecular weight excluding hydrogens is 456 g/mol. The lowest BCUT2D eigenvalue weighted by Gasteiger charge is -2.32. The summed E-state index contributed by atoms with van der Waals surface area (Å²) in [5.74, 6) is -2.23. The van der Waals surface area contributed by atoms with Gasteiger partial charge in [0.05, 0.1) is 4.92 Å². The largest absolute Gasteiger partial charge is 0.463 e. The molecule has 0 aromatic heterocycles. The van der Waals surface area contributed by atoms with Gasteiger partial charge in [-0.25, -0.2) is 0 Å². The van der Waals surface area contributed by atoms with Crippen LogP contribution in [0.1, 0.15) is 34.6 Å². The molecule has 1 amide bonds. The first-order valence-electron chi connectivity index (χ1n) is 10.2. The van der Waals surface area contributed by atoms with E-state index in [2.05, 4.69) is 5.32 Å². The standard InChI is InChI=1S/C21H28N2O11/c1-12(32-16(5)27)20(11-31-15(4)26)34-21(19(22-13(2)24)10-30-14(3)25)33-18-8-6-17(7-9-18)23(28)29/h6-9,12,19-21H,10-11H2,1-5H3,(H,22,24)/t12-,19+,20?,21?/m1/s1. The number of carbonyl (C=O) groups excluding carboxylic acids is 4. The van der Waals surface area contributed by atoms with E-state index >= 15 is 0 Å². The van der Waals surface area contributed by atoms with Crippen LogP contribution >= 0.6 is 0 Å². The maximum Gasteiger partial charge on any atom is 0.302 e. The SMILES string of the molecule is CC(=O)N[C@@H](COC(C)=O)C(Oc1ccc([N+](=O)[O-])cc1)OC(COC(C)=O)[C@@H](C)OC(C)=O. The monoisotopic (exact) mass is 484 g/mol. The number of rotatable bonds is 13. The minimum Gasteiger partial charge on any atom is -0.463 e. The fraction of sp³-hybridized carbons (Fsp3) is 0.524. The smallest absolute Gasteiger partial charge is 0.302 e. The number of carbonyl (C=O) groups is 4. The number of ether oxygens (including phenoxy) is 5. The van der Waals surface area contributed by atoms with Crippen LogP contribution in [0.15, 0.2) is 24.3 Å². The Morgan fingerprint density at radius 1 is 0.941 bits per heavy atom. The molecule has 1 rings (SSSR count). The Morgan fingerprint density at radius 3 is 1.97 bits per heavy atom. The molecule has 1 aromatic carbocycles. The summed E-state index contributed by atoms with van der Waals surface area (Å²) in [6.45, 7) is 5.58. The molecule has 0 aliphatic heterocycles. The first-order chi connectivity index (χ1) is 15.9. The zero-order chi connectivity index (χ0) is 25.8. The first-order valence-corrected chi connectivity index (χ1v) is 10.2. The Morgan fingerprint density at radius 2 is 1.50 bits per heavy atom. The lowest BCUT2D eigenvalue weighted by Crippen LogP contribution is -2.52. The molecule has 2 unspecified atom stereocenters. The topological polar surface area (TPSA) is 170 Å². The fourth-order valence-corrected chi connectivity index (χ4v) is 2.64. The maximum atomic E-state index is 11.8. The van der Waals surface area contributed by atoms with Crippen LogP contribution in [0.5, 0.6) is 5.75 Å². The molecule has 0 heterocycles. The average molecular weight is 484 g/mol. The van der Waals surface area contributed by atoms with Crippen LogP contribution in [-0.4, -0.2) is 66.5 Å². The number of esters is 3. The molecule has 1 aromatic rings. The van der Waals surface area contributed by atoms with Crippen LogP contribution < -0.4 is 10.1 Å². The van der Waals surface area contributed by atoms with Crippen molar-refractivity contribution < 1.29 is 47.8 Å². The molecule has 0 spiro atoms. The van der Waals surface area contributed by atoms with Crippen molar-refractivity contribution in [3.05, 3.63) is 34.4 Å². The fourth-order valence-electron chi connectivity index (χ4n) is 2.64. The highest BCUT2D eigenvalue weighted by Gasteiger charge is 2.33. The number of amides is 1. The van der Waals surface area contributed by atoms with E-state index in [9.17, 15) is 29.3 Å². The number of benzene rings is 1. The maximum absolute atomic E-state index is 11.8. The number of hydrogen-bond donors (Lipinski definition) is 1. The molecular formula is C21H28N2O11. The molecule has 0 bridgehead atoms. The van der Waals surface area contributed by atoms with Crippen LogP contribution in [0.2, 0.25) is 0 Å². The van der Waals surface area contributed by atoms with Crippen LogP contribution in [0.25, 0.3) is 0 Å². The Balaban J connectivity index is 3.28. The van der Waals surface area contributed by atoms with Gasteiger partial charge in [0.25, 0.3) is 5.69 Å². The van der Waals surface area contributed by atoms with E-state index in [0.29, 0.717) is 0 Å². The number of nitrogens with one attached hydrogen (secondary N) is 1. The van der Waals surface area contributed by atoms with Crippen molar-refractivity contribution in [2.45, 2.75) is 59.2 Å². The first kappa shape index (κ1) is 28.3. The Bertz CT molecular complexity index is 872. The molecule has 0 saturated carbocycles. The molecule has 0 aliphatic carbocycles. The number of nitro benzene ring substituents is 1. The second kappa shape index (κ2) is 13.7. The van der Waals surface area contributed by atoms with E-state index in [0.717, 1.165) is 0 Å². The number of hydrogen-bond acceptors (Lipinski definition) is 11. The van der Waals surface area contributed by atoms with E-state index in [1.807, 2.05) is 0 Å². The summed E-state index contributed by atoms with van der Waals surface area (Å²) in [5, 5.41) is 13.5. The zero-order valence-corrected chi connectivity index (χ0v) is 19.5. The van der Waals surface area contributed by atoms with Gasteiger partial charge in [-0.3, -0.25) is 29.3 Å². The molecule has 1 N–H and O–H groups in total. The second-order valence-corrected chi connectivity index (χ2v) is 7.14. The third-order valence-electron chi connectivity index (χ3n) is 4.12. The molecule has 0 saturated heterocycles. The Hall–Kier alpha value is -3.74. The van der Waals surface area contributed by atoms with Crippen molar-refractivity contribution in [3.8, 4) is 5.75 Å². The Kier molecular flexibility index (Phi) is 11.4. The van der Waals surface area contributed by atoms with Crippen molar-refractivity contribution in [3.63, 3.8) is 0 Å². The number of nitrogens with zero attached hydrogens (tertiary/aromatic N) is 1. The van der Waals surface area contributed by atoms with Crippen molar-refractivity contribution in [2.24, 2.45) is 0 Å². The van der Waals surface area contributed by atoms with E-state index in [-0.39, 0.29) is 24.7 Å². The van der Waals surface area contributed by atoms with E-state index in [1.165, 1.54) is 58.9 Å². The van der Waals surface area contributed by atoms with Gasteiger partial charge in [-0.05, 0) is 19.1 Å². The van der Waals surface area contributed by atoms with Gasteiger partial charge < -0.3 is 29.0 Å². The number of nitro groups is 1. The van der Waals surface area contributed by atoms with Gasteiger partial charge in [0.1, 0.15) is 37.2 Å². The summed E-state index contributed by atoms with van der Waals surface area (Å²) in [6, 6.07) is 3.96. The van der Waals surface area contributed by atoms with Gasteiger partial charge in [-0.1, -0.05) is 0 Å². The summed E-state index contributed by atoms with van der Waals surface area (Å²) in [6.07, 6.45) is -3.32. The van der Waals surface area contributed by atoms with Gasteiger partial charge in [-0.15, -0.1) is 0 Å². The summed E-state index contributed by atoms with van der Waals surface area (Å²) in [5.41, 5.74) is -0.181. The number of non-ortho nitro benzene ring substituents is 1. The predicted octanol–water partition coefficient (Wildman–Crippen LogP) is 1.27. The molecule has 4 atom stereocenters. The molecule has 0 radical (unpaired) electrons. The van der Waals surface area contributed by atoms with E-state index < -0.39 is 53.3 Å². The normalized spacial score (nSPS) is 14.0. The Labute approximate surface area is 195 Å². The van der Waals surface area contributed by atoms with Crippen LogP contribution in [0.3, 0.4) is 0 Å². The van der Waals surface area contributed by atoms with Gasteiger partial charge >= 0.3 is 17.9 Å². The molecule has 188 valence electrons. The van der Waals surface area contributed by atoms with Gasteiger partial charge in [-0.2, -0.15) is 0 Å². The van der Waals surface area contributed by atoms with Crippen LogP contribution in [-0.2, 0) is 38.1 Å². The van der Waals surface area contributed by atoms with E-state index in [4.69, 9.17) is 23.7 Å². The minimum atomic E-state index is -1.36. The molecule has 34 heavy (non-hydrogen) atoms. The molecule has 0 aliphatic rings. The second-order valence-electron chi connectivity index (χ2n) is 7.14. The third kappa shape index (κ3) is 10.7. The van der Waals surface area contributed by atoms with E-state index in [1.54, 1.807) is 0 Å². The van der Waals surface area contributed by atoms with Gasteiger partial charge in [0, 0.05) is 39.8 Å². The van der Waals surface area contributed by atoms with Crippen LogP contribution in [0.4, 0.5) is 5.69 Å². The average Bonchev–Trinajstić information content (AvgIpc) is 2.72. The highest BCUT2D eigenvalue weighted by Crippen LogP contribution is 2.21. The molecule has 13 heteroatoms. The van der Waals surface area contributed by atoms with Crippen molar-refractivity contribution in [1.29, 1.82) is 0 Å². The summed E-state index contributed by atoms with van der Waals surface area (Å²) < 4.78 is 26.9. The van der Waals surface area contributed by atoms with Crippen molar-refractivity contribution in [1.82, 2.24) is 5.32 Å². The predicted molar refractivity (Wildman–Crippen MR) is 114 cm³/mol. The zero-order valence-electron chi connectivity index (χ0n) is 19.5. The van der Waals surface area contributed by atoms with Crippen LogP contribution in [0, 0.1) is 10.1 Å². The van der Waals surface area contributed by atoms with Gasteiger partial charge in [0.2, 0.25) is 12.2 Å². The highest BCUT2D eigenvalue weighted by molar-refractivity contribution is 5.73. The summed E-state index contributed by atoms with van der Waals surface area (Å²) in [7, 11) is 0. The third-order valence-corrected chi connectivity index (χ3v) is 4.12. The lowest BCUT2D eigenvalue weighted by molar-refractivity contribution is -0.384. The molecule has 0 fully saturated rings. The van der Waals surface area contributed by atoms with Gasteiger partial charge in [0.15, 0.2) is 0 Å². The molecule has 13 nitrogen and oxygen atoms in total. The van der Waals surface area contributed by atoms with Crippen molar-refractivity contribution in [2.75, 3.05) is 13.2 Å². The highest BCUT2D eigenvalue weighted by atomic mass is 16.7. The minimum absolute atomic E-state index is 0.125. The van der Waals surface area contributed by atoms with Crippen molar-refractivity contribution >= 4 is 29.5 Å².